The quantitative estimate of drug-likeness (QED) is 0.768. The van der Waals surface area contributed by atoms with E-state index in [1.807, 2.05) is 18.4 Å². The third kappa shape index (κ3) is 4.75. The van der Waals surface area contributed by atoms with Crippen LogP contribution < -0.4 is 10.6 Å². The van der Waals surface area contributed by atoms with Crippen molar-refractivity contribution < 1.29 is 14.3 Å². The first-order valence-electron chi connectivity index (χ1n) is 6.62. The third-order valence-electron chi connectivity index (χ3n) is 3.06. The first-order chi connectivity index (χ1) is 9.90. The maximum atomic E-state index is 11.9. The number of hydrogen-bond acceptors (Lipinski definition) is 5. The average Bonchev–Trinajstić information content (AvgIpc) is 2.71. The van der Waals surface area contributed by atoms with Gasteiger partial charge in [-0.1, -0.05) is 11.8 Å². The van der Waals surface area contributed by atoms with Crippen molar-refractivity contribution in [3.63, 3.8) is 0 Å². The van der Waals surface area contributed by atoms with Gasteiger partial charge in [0.25, 0.3) is 0 Å². The Morgan fingerprint density at radius 2 is 2.10 bits per heavy atom. The van der Waals surface area contributed by atoms with Gasteiger partial charge in [-0.25, -0.2) is 9.78 Å². The molecule has 1 heterocycles. The maximum Gasteiger partial charge on any atom is 0.321 e. The van der Waals surface area contributed by atoms with Gasteiger partial charge in [0, 0.05) is 26.4 Å². The molecule has 1 atom stereocenters. The number of rotatable bonds is 6. The van der Waals surface area contributed by atoms with E-state index in [-0.39, 0.29) is 5.91 Å². The van der Waals surface area contributed by atoms with Crippen LogP contribution in [0.2, 0.25) is 0 Å². The van der Waals surface area contributed by atoms with Gasteiger partial charge in [0.05, 0.1) is 17.6 Å². The van der Waals surface area contributed by atoms with Crippen LogP contribution in [0.15, 0.2) is 5.16 Å². The van der Waals surface area contributed by atoms with Gasteiger partial charge in [-0.3, -0.25) is 10.1 Å². The molecule has 1 aromatic heterocycles. The smallest absolute Gasteiger partial charge is 0.321 e. The van der Waals surface area contributed by atoms with Gasteiger partial charge in [0.1, 0.15) is 0 Å². The van der Waals surface area contributed by atoms with E-state index < -0.39 is 11.3 Å². The molecule has 0 radical (unpaired) electrons. The molecule has 0 saturated heterocycles. The average molecular weight is 314 g/mol. The summed E-state index contributed by atoms with van der Waals surface area (Å²) in [6, 6.07) is -0.512. The number of amides is 3. The monoisotopic (exact) mass is 314 g/mol. The van der Waals surface area contributed by atoms with Gasteiger partial charge >= 0.3 is 6.03 Å². The Morgan fingerprint density at radius 3 is 2.67 bits per heavy atom. The Hall–Kier alpha value is -1.54. The lowest BCUT2D eigenvalue weighted by atomic mass is 10.4. The summed E-state index contributed by atoms with van der Waals surface area (Å²) < 4.78 is 7.12. The van der Waals surface area contributed by atoms with Crippen LogP contribution in [0.25, 0.3) is 0 Å². The summed E-state index contributed by atoms with van der Waals surface area (Å²) in [6.07, 6.45) is 0. The van der Waals surface area contributed by atoms with Crippen molar-refractivity contribution in [3.05, 3.63) is 11.4 Å². The number of carbonyl (C=O) groups excluding carboxylic acids is 2. The normalized spacial score (nSPS) is 12.0. The number of nitrogens with one attached hydrogen (secondary N) is 2. The predicted octanol–water partition coefficient (Wildman–Crippen LogP) is 1.08. The number of urea groups is 1. The van der Waals surface area contributed by atoms with Crippen molar-refractivity contribution in [3.8, 4) is 0 Å². The number of imide groups is 1. The number of ether oxygens (including phenoxy) is 1. The zero-order valence-electron chi connectivity index (χ0n) is 13.0. The standard InChI is InChI=1S/C13H22N4O3S/c1-8-9(2)17(6-7-20-5)13(15-8)21-10(3)11(18)16-12(19)14-4/h10H,6-7H2,1-5H3,(H2,14,16,18,19). The number of nitrogens with zero attached hydrogens (tertiary/aromatic N) is 2. The fraction of sp³-hybridized carbons (Fsp3) is 0.615. The summed E-state index contributed by atoms with van der Waals surface area (Å²) in [7, 11) is 3.11. The van der Waals surface area contributed by atoms with Gasteiger partial charge in [0.15, 0.2) is 5.16 Å². The molecule has 7 nitrogen and oxygen atoms in total. The summed E-state index contributed by atoms with van der Waals surface area (Å²) in [5.41, 5.74) is 1.97. The lowest BCUT2D eigenvalue weighted by Crippen LogP contribution is -2.41. The molecule has 0 fully saturated rings. The summed E-state index contributed by atoms with van der Waals surface area (Å²) in [6.45, 7) is 6.90. The van der Waals surface area contributed by atoms with Crippen molar-refractivity contribution in [2.24, 2.45) is 0 Å². The molecule has 0 aliphatic heterocycles. The van der Waals surface area contributed by atoms with Crippen LogP contribution >= 0.6 is 11.8 Å². The molecule has 0 spiro atoms. The van der Waals surface area contributed by atoms with Gasteiger partial charge in [-0.2, -0.15) is 0 Å². The van der Waals surface area contributed by atoms with E-state index in [2.05, 4.69) is 15.6 Å². The molecular weight excluding hydrogens is 292 g/mol. The minimum Gasteiger partial charge on any atom is -0.383 e. The van der Waals surface area contributed by atoms with Crippen LogP contribution in [0.5, 0.6) is 0 Å². The van der Waals surface area contributed by atoms with Crippen molar-refractivity contribution in [2.45, 2.75) is 37.7 Å². The molecular formula is C13H22N4O3S. The van der Waals surface area contributed by atoms with Gasteiger partial charge in [-0.15, -0.1) is 0 Å². The van der Waals surface area contributed by atoms with Crippen LogP contribution in [-0.4, -0.2) is 47.5 Å². The molecule has 0 saturated carbocycles. The number of aryl methyl sites for hydroxylation is 1. The van der Waals surface area contributed by atoms with E-state index in [1.165, 1.54) is 18.8 Å². The number of thioether (sulfide) groups is 1. The highest BCUT2D eigenvalue weighted by Crippen LogP contribution is 2.25. The topological polar surface area (TPSA) is 85.3 Å². The molecule has 2 N–H and O–H groups in total. The van der Waals surface area contributed by atoms with E-state index >= 15 is 0 Å². The Balaban J connectivity index is 2.79. The second-order valence-corrected chi connectivity index (χ2v) is 5.85. The SMILES string of the molecule is CNC(=O)NC(=O)C(C)Sc1nc(C)c(C)n1CCOC. The van der Waals surface area contributed by atoms with E-state index in [4.69, 9.17) is 4.74 Å². The second kappa shape index (κ2) is 8.04. The molecule has 0 aromatic carbocycles. The van der Waals surface area contributed by atoms with E-state index in [0.717, 1.165) is 16.5 Å². The number of imidazole rings is 1. The summed E-state index contributed by atoms with van der Waals surface area (Å²) in [4.78, 5) is 27.5. The molecule has 0 aliphatic rings. The molecule has 21 heavy (non-hydrogen) atoms. The zero-order chi connectivity index (χ0) is 16.0. The van der Waals surface area contributed by atoms with Gasteiger partial charge < -0.3 is 14.6 Å². The maximum absolute atomic E-state index is 11.9. The molecule has 0 aliphatic carbocycles. The lowest BCUT2D eigenvalue weighted by Gasteiger charge is -2.13. The largest absolute Gasteiger partial charge is 0.383 e. The number of hydrogen-bond donors (Lipinski definition) is 2. The van der Waals surface area contributed by atoms with E-state index in [1.54, 1.807) is 14.0 Å². The molecule has 8 heteroatoms. The Kier molecular flexibility index (Phi) is 6.70. The van der Waals surface area contributed by atoms with Crippen LogP contribution in [0, 0.1) is 13.8 Å². The van der Waals surface area contributed by atoms with Crippen LogP contribution in [-0.2, 0) is 16.1 Å². The van der Waals surface area contributed by atoms with E-state index in [9.17, 15) is 9.59 Å². The summed E-state index contributed by atoms with van der Waals surface area (Å²) in [5.74, 6) is -0.351. The van der Waals surface area contributed by atoms with Crippen LogP contribution in [0.4, 0.5) is 4.79 Å². The van der Waals surface area contributed by atoms with Gasteiger partial charge in [0.2, 0.25) is 5.91 Å². The zero-order valence-corrected chi connectivity index (χ0v) is 13.8. The van der Waals surface area contributed by atoms with Crippen molar-refractivity contribution in [2.75, 3.05) is 20.8 Å². The molecule has 3 amide bonds. The highest BCUT2D eigenvalue weighted by Gasteiger charge is 2.20. The van der Waals surface area contributed by atoms with Gasteiger partial charge in [-0.05, 0) is 20.8 Å². The summed E-state index contributed by atoms with van der Waals surface area (Å²) in [5, 5.41) is 4.94. The molecule has 0 bridgehead atoms. The van der Waals surface area contributed by atoms with Crippen LogP contribution in [0.1, 0.15) is 18.3 Å². The third-order valence-corrected chi connectivity index (χ3v) is 4.15. The van der Waals surface area contributed by atoms with E-state index in [0.29, 0.717) is 13.2 Å². The molecule has 1 rings (SSSR count). The predicted molar refractivity (Wildman–Crippen MR) is 81.5 cm³/mol. The van der Waals surface area contributed by atoms with Crippen molar-refractivity contribution >= 4 is 23.7 Å². The lowest BCUT2D eigenvalue weighted by molar-refractivity contribution is -0.119. The molecule has 1 aromatic rings. The number of methoxy groups -OCH3 is 1. The second-order valence-electron chi connectivity index (χ2n) is 4.54. The first kappa shape index (κ1) is 17.5. The molecule has 1 unspecified atom stereocenters. The Morgan fingerprint density at radius 1 is 1.43 bits per heavy atom. The minimum absolute atomic E-state index is 0.351. The van der Waals surface area contributed by atoms with Crippen LogP contribution in [0.3, 0.4) is 0 Å². The fourth-order valence-corrected chi connectivity index (χ4v) is 2.67. The molecule has 118 valence electrons. The first-order valence-corrected chi connectivity index (χ1v) is 7.50. The Labute approximate surface area is 128 Å². The fourth-order valence-electron chi connectivity index (χ4n) is 1.65. The number of carbonyl (C=O) groups is 2. The number of aromatic nitrogens is 2. The highest BCUT2D eigenvalue weighted by molar-refractivity contribution is 8.00. The Bertz CT molecular complexity index is 516. The van der Waals surface area contributed by atoms with Crippen molar-refractivity contribution in [1.29, 1.82) is 0 Å². The minimum atomic E-state index is -0.512. The van der Waals surface area contributed by atoms with Crippen molar-refractivity contribution in [1.82, 2.24) is 20.2 Å². The summed E-state index contributed by atoms with van der Waals surface area (Å²) >= 11 is 1.32. The highest BCUT2D eigenvalue weighted by atomic mass is 32.2.